The van der Waals surface area contributed by atoms with Gasteiger partial charge in [0.25, 0.3) is 0 Å². The number of hydrogen-bond acceptors (Lipinski definition) is 4. The van der Waals surface area contributed by atoms with Crippen LogP contribution in [0.5, 0.6) is 11.5 Å². The lowest BCUT2D eigenvalue weighted by Gasteiger charge is -2.22. The van der Waals surface area contributed by atoms with E-state index in [2.05, 4.69) is 46.5 Å². The van der Waals surface area contributed by atoms with E-state index in [1.54, 1.807) is 14.2 Å². The zero-order chi connectivity index (χ0) is 18.9. The normalized spacial score (nSPS) is 17.5. The molecule has 0 bridgehead atoms. The maximum absolute atomic E-state index is 5.39. The van der Waals surface area contributed by atoms with Crippen molar-refractivity contribution in [3.05, 3.63) is 18.2 Å². The Morgan fingerprint density at radius 2 is 1.85 bits per heavy atom. The van der Waals surface area contributed by atoms with Crippen LogP contribution in [0.3, 0.4) is 0 Å². The van der Waals surface area contributed by atoms with E-state index in [1.165, 1.54) is 12.8 Å². The van der Waals surface area contributed by atoms with Crippen LogP contribution in [0.15, 0.2) is 23.2 Å². The van der Waals surface area contributed by atoms with Crippen molar-refractivity contribution >= 4 is 11.6 Å². The lowest BCUT2D eigenvalue weighted by molar-refractivity contribution is 0.394. The minimum atomic E-state index is 0.375. The van der Waals surface area contributed by atoms with E-state index in [1.807, 2.05) is 13.1 Å². The lowest BCUT2D eigenvalue weighted by atomic mass is 10.0. The fourth-order valence-electron chi connectivity index (χ4n) is 3.29. The molecule has 1 aliphatic heterocycles. The van der Waals surface area contributed by atoms with Gasteiger partial charge in [-0.05, 0) is 12.3 Å². The van der Waals surface area contributed by atoms with Gasteiger partial charge in [-0.1, -0.05) is 26.7 Å². The second-order valence-corrected chi connectivity index (χ2v) is 6.78. The van der Waals surface area contributed by atoms with Crippen molar-refractivity contribution in [2.75, 3.05) is 45.8 Å². The van der Waals surface area contributed by atoms with Gasteiger partial charge in [0.2, 0.25) is 0 Å². The van der Waals surface area contributed by atoms with Crippen LogP contribution in [0.1, 0.15) is 33.1 Å². The Labute approximate surface area is 158 Å². The standard InChI is InChI=1S/C20H34N4O2/c1-6-15(7-2)13-22-20(21-3)23-16-8-9-24(14-16)17-10-18(25-4)12-19(11-17)26-5/h10-12,15-16H,6-9,13-14H2,1-5H3,(H2,21,22,23). The molecular formula is C20H34N4O2. The zero-order valence-electron chi connectivity index (χ0n) is 16.8. The molecule has 1 heterocycles. The molecule has 1 aromatic carbocycles. The predicted molar refractivity (Wildman–Crippen MR) is 109 cm³/mol. The summed E-state index contributed by atoms with van der Waals surface area (Å²) in [7, 11) is 5.20. The van der Waals surface area contributed by atoms with Gasteiger partial charge in [-0.3, -0.25) is 4.99 Å². The van der Waals surface area contributed by atoms with Gasteiger partial charge >= 0.3 is 0 Å². The summed E-state index contributed by atoms with van der Waals surface area (Å²) in [5.74, 6) is 3.22. The number of guanidine groups is 1. The molecule has 0 saturated carbocycles. The molecule has 26 heavy (non-hydrogen) atoms. The number of benzene rings is 1. The molecule has 2 rings (SSSR count). The van der Waals surface area contributed by atoms with Crippen molar-refractivity contribution in [1.82, 2.24) is 10.6 Å². The summed E-state index contributed by atoms with van der Waals surface area (Å²) in [6.07, 6.45) is 3.45. The summed E-state index contributed by atoms with van der Waals surface area (Å²) in [6, 6.07) is 6.40. The van der Waals surface area contributed by atoms with E-state index in [9.17, 15) is 0 Å². The molecule has 1 atom stereocenters. The molecular weight excluding hydrogens is 328 g/mol. The van der Waals surface area contributed by atoms with Crippen LogP contribution >= 0.6 is 0 Å². The number of ether oxygens (including phenoxy) is 2. The van der Waals surface area contributed by atoms with Gasteiger partial charge < -0.3 is 25.0 Å². The van der Waals surface area contributed by atoms with Gasteiger partial charge in [0, 0.05) is 56.6 Å². The number of hydrogen-bond donors (Lipinski definition) is 2. The summed E-state index contributed by atoms with van der Waals surface area (Å²) in [5, 5.41) is 7.03. The molecule has 0 spiro atoms. The summed E-state index contributed by atoms with van der Waals surface area (Å²) >= 11 is 0. The number of aliphatic imine (C=N–C) groups is 1. The van der Waals surface area contributed by atoms with E-state index in [0.29, 0.717) is 12.0 Å². The topological polar surface area (TPSA) is 58.1 Å². The molecule has 1 unspecified atom stereocenters. The molecule has 0 radical (unpaired) electrons. The van der Waals surface area contributed by atoms with Gasteiger partial charge in [-0.25, -0.2) is 0 Å². The molecule has 2 N–H and O–H groups in total. The second kappa shape index (κ2) is 10.1. The highest BCUT2D eigenvalue weighted by molar-refractivity contribution is 5.80. The van der Waals surface area contributed by atoms with Crippen molar-refractivity contribution in [3.63, 3.8) is 0 Å². The van der Waals surface area contributed by atoms with E-state index >= 15 is 0 Å². The van der Waals surface area contributed by atoms with Crippen molar-refractivity contribution in [2.24, 2.45) is 10.9 Å². The van der Waals surface area contributed by atoms with Crippen LogP contribution in [-0.4, -0.2) is 52.9 Å². The minimum absolute atomic E-state index is 0.375. The fraction of sp³-hybridized carbons (Fsp3) is 0.650. The zero-order valence-corrected chi connectivity index (χ0v) is 16.8. The Kier molecular flexibility index (Phi) is 7.88. The number of anilines is 1. The van der Waals surface area contributed by atoms with Crippen LogP contribution < -0.4 is 25.0 Å². The number of rotatable bonds is 8. The molecule has 6 nitrogen and oxygen atoms in total. The van der Waals surface area contributed by atoms with Crippen molar-refractivity contribution in [1.29, 1.82) is 0 Å². The Bertz CT molecular complexity index is 565. The van der Waals surface area contributed by atoms with E-state index in [-0.39, 0.29) is 0 Å². The maximum Gasteiger partial charge on any atom is 0.191 e. The Hall–Kier alpha value is -2.11. The van der Waals surface area contributed by atoms with Crippen LogP contribution in [0.2, 0.25) is 0 Å². The van der Waals surface area contributed by atoms with Gasteiger partial charge in [-0.15, -0.1) is 0 Å². The van der Waals surface area contributed by atoms with E-state index in [4.69, 9.17) is 9.47 Å². The summed E-state index contributed by atoms with van der Waals surface area (Å²) < 4.78 is 10.8. The van der Waals surface area contributed by atoms with Crippen LogP contribution in [0, 0.1) is 5.92 Å². The largest absolute Gasteiger partial charge is 0.497 e. The highest BCUT2D eigenvalue weighted by Gasteiger charge is 2.24. The van der Waals surface area contributed by atoms with Gasteiger partial charge in [-0.2, -0.15) is 0 Å². The van der Waals surface area contributed by atoms with Gasteiger partial charge in [0.15, 0.2) is 5.96 Å². The average molecular weight is 363 g/mol. The number of nitrogens with one attached hydrogen (secondary N) is 2. The molecule has 1 aliphatic rings. The van der Waals surface area contributed by atoms with Crippen molar-refractivity contribution in [2.45, 2.75) is 39.2 Å². The van der Waals surface area contributed by atoms with Crippen LogP contribution in [0.25, 0.3) is 0 Å². The third kappa shape index (κ3) is 5.44. The third-order valence-electron chi connectivity index (χ3n) is 5.17. The number of methoxy groups -OCH3 is 2. The highest BCUT2D eigenvalue weighted by atomic mass is 16.5. The van der Waals surface area contributed by atoms with Gasteiger partial charge in [0.05, 0.1) is 14.2 Å². The monoisotopic (exact) mass is 362 g/mol. The first-order valence-electron chi connectivity index (χ1n) is 9.58. The summed E-state index contributed by atoms with van der Waals surface area (Å²) in [6.45, 7) is 7.38. The molecule has 1 fully saturated rings. The molecule has 0 amide bonds. The SMILES string of the molecule is CCC(CC)CNC(=NC)NC1CCN(c2cc(OC)cc(OC)c2)C1. The fourth-order valence-corrected chi connectivity index (χ4v) is 3.29. The van der Waals surface area contributed by atoms with Crippen molar-refractivity contribution in [3.8, 4) is 11.5 Å². The van der Waals surface area contributed by atoms with Crippen LogP contribution in [-0.2, 0) is 0 Å². The Morgan fingerprint density at radius 1 is 1.19 bits per heavy atom. The summed E-state index contributed by atoms with van der Waals surface area (Å²) in [5.41, 5.74) is 1.13. The molecule has 1 saturated heterocycles. The Balaban J connectivity index is 1.93. The quantitative estimate of drug-likeness (QED) is 0.550. The molecule has 0 aromatic heterocycles. The van der Waals surface area contributed by atoms with Crippen LogP contribution in [0.4, 0.5) is 5.69 Å². The molecule has 146 valence electrons. The maximum atomic E-state index is 5.39. The minimum Gasteiger partial charge on any atom is -0.497 e. The highest BCUT2D eigenvalue weighted by Crippen LogP contribution is 2.30. The second-order valence-electron chi connectivity index (χ2n) is 6.78. The smallest absolute Gasteiger partial charge is 0.191 e. The molecule has 6 heteroatoms. The third-order valence-corrected chi connectivity index (χ3v) is 5.17. The molecule has 0 aliphatic carbocycles. The average Bonchev–Trinajstić information content (AvgIpc) is 3.15. The first-order chi connectivity index (χ1) is 12.6. The first kappa shape index (κ1) is 20.2. The van der Waals surface area contributed by atoms with Crippen molar-refractivity contribution < 1.29 is 9.47 Å². The number of nitrogens with zero attached hydrogens (tertiary/aromatic N) is 2. The Morgan fingerprint density at radius 3 is 2.38 bits per heavy atom. The summed E-state index contributed by atoms with van der Waals surface area (Å²) in [4.78, 5) is 6.74. The van der Waals surface area contributed by atoms with Gasteiger partial charge in [0.1, 0.15) is 11.5 Å². The first-order valence-corrected chi connectivity index (χ1v) is 9.58. The molecule has 1 aromatic rings. The van der Waals surface area contributed by atoms with E-state index < -0.39 is 0 Å². The lowest BCUT2D eigenvalue weighted by Crippen LogP contribution is -2.45. The predicted octanol–water partition coefficient (Wildman–Crippen LogP) is 2.88. The van der Waals surface area contributed by atoms with E-state index in [0.717, 1.165) is 49.2 Å².